The molecule has 2 aromatic heterocycles. The lowest BCUT2D eigenvalue weighted by Gasteiger charge is -2.33. The highest BCUT2D eigenvalue weighted by atomic mass is 19.4. The molecule has 258 valence electrons. The molecule has 8 aromatic rings. The number of carbonyl (C=O) groups excluding carboxylic acids is 4. The quantitative estimate of drug-likeness (QED) is 0.178. The molecule has 0 atom stereocenters. The van der Waals surface area contributed by atoms with Crippen molar-refractivity contribution in [3.8, 4) is 0 Å². The minimum atomic E-state index is -4.56. The number of hydrogen-bond acceptors (Lipinski definition) is 4. The van der Waals surface area contributed by atoms with E-state index in [0.717, 1.165) is 28.2 Å². The first-order chi connectivity index (χ1) is 25.5. The van der Waals surface area contributed by atoms with Gasteiger partial charge in [-0.15, -0.1) is 0 Å². The van der Waals surface area contributed by atoms with Crippen LogP contribution in [0.2, 0.25) is 0 Å². The summed E-state index contributed by atoms with van der Waals surface area (Å²) < 4.78 is 40.2. The minimum absolute atomic E-state index is 0.00722. The number of halogens is 3. The van der Waals surface area contributed by atoms with E-state index in [1.165, 1.54) is 17.0 Å². The van der Waals surface area contributed by atoms with Crippen molar-refractivity contribution in [2.75, 3.05) is 0 Å². The first-order valence-electron chi connectivity index (χ1n) is 16.9. The third-order valence-electron chi connectivity index (χ3n) is 10.6. The summed E-state index contributed by atoms with van der Waals surface area (Å²) >= 11 is 0. The molecule has 11 heteroatoms. The van der Waals surface area contributed by atoms with Gasteiger partial charge in [0.2, 0.25) is 0 Å². The van der Waals surface area contributed by atoms with Crippen LogP contribution in [0.15, 0.2) is 97.1 Å². The fourth-order valence-corrected chi connectivity index (χ4v) is 8.15. The summed E-state index contributed by atoms with van der Waals surface area (Å²) in [7, 11) is 0. The molecule has 10 rings (SSSR count). The van der Waals surface area contributed by atoms with Crippen LogP contribution < -0.4 is 0 Å². The van der Waals surface area contributed by atoms with Crippen molar-refractivity contribution in [3.63, 3.8) is 0 Å². The topological polar surface area (TPSA) is 106 Å². The van der Waals surface area contributed by atoms with Crippen LogP contribution in [0.25, 0.3) is 54.4 Å². The number of para-hydroxylation sites is 2. The van der Waals surface area contributed by atoms with Crippen LogP contribution in [0.5, 0.6) is 0 Å². The van der Waals surface area contributed by atoms with Crippen LogP contribution in [-0.4, -0.2) is 43.4 Å². The van der Waals surface area contributed by atoms with Gasteiger partial charge in [-0.2, -0.15) is 13.2 Å². The SMILES string of the molecule is Cc1ccc(CN2C(=O)c3c4[nH]c5ccccc5c4c4c5c(c6[nH]c7ccccc7c6c(c35)C2=O)C(=O)N(Cc2ccc(C(F)(F)F)cc2)C4=O)cc1. The first-order valence-corrected chi connectivity index (χ1v) is 16.9. The highest BCUT2D eigenvalue weighted by Gasteiger charge is 2.45. The number of aryl methyl sites for hydroxylation is 1. The van der Waals surface area contributed by atoms with Gasteiger partial charge in [0.1, 0.15) is 0 Å². The average Bonchev–Trinajstić information content (AvgIpc) is 3.72. The largest absolute Gasteiger partial charge is 0.416 e. The Balaban J connectivity index is 1.32. The Bertz CT molecular complexity index is 2970. The monoisotopic (exact) mass is 706 g/mol. The van der Waals surface area contributed by atoms with Gasteiger partial charge in [-0.05, 0) is 42.3 Å². The molecule has 4 amide bonds. The van der Waals surface area contributed by atoms with E-state index in [0.29, 0.717) is 49.2 Å². The number of aromatic amines is 2. The molecule has 0 spiro atoms. The van der Waals surface area contributed by atoms with E-state index in [4.69, 9.17) is 0 Å². The van der Waals surface area contributed by atoms with E-state index in [1.807, 2.05) is 73.7 Å². The molecular formula is C42H25F3N4O4. The smallest absolute Gasteiger partial charge is 0.354 e. The van der Waals surface area contributed by atoms with Gasteiger partial charge < -0.3 is 9.97 Å². The van der Waals surface area contributed by atoms with Crippen molar-refractivity contribution in [2.24, 2.45) is 0 Å². The lowest BCUT2D eigenvalue weighted by Crippen LogP contribution is -2.43. The number of carbonyl (C=O) groups is 4. The summed E-state index contributed by atoms with van der Waals surface area (Å²) in [5.41, 5.74) is 3.81. The van der Waals surface area contributed by atoms with E-state index < -0.39 is 35.4 Å². The second-order valence-electron chi connectivity index (χ2n) is 13.7. The van der Waals surface area contributed by atoms with Gasteiger partial charge in [0.25, 0.3) is 23.6 Å². The van der Waals surface area contributed by atoms with Gasteiger partial charge in [0.15, 0.2) is 0 Å². The number of benzene rings is 6. The number of H-pyrrole nitrogens is 2. The van der Waals surface area contributed by atoms with Crippen LogP contribution in [0, 0.1) is 6.92 Å². The zero-order chi connectivity index (χ0) is 36.5. The highest BCUT2D eigenvalue weighted by molar-refractivity contribution is 6.45. The highest BCUT2D eigenvalue weighted by Crippen LogP contribution is 2.49. The molecule has 4 heterocycles. The number of imide groups is 2. The number of rotatable bonds is 4. The standard InChI is InChI=1S/C42H25F3N4O4/c1-20-10-12-21(13-11-20)18-48-38(50)32-28-24-6-2-4-8-26(24)47-37(28)35-31-30(32)34(40(48)52)36-29(25-7-3-5-9-27(25)46-36)33(31)39(51)49(41(35)53)19-22-14-16-23(17-15-22)42(43,44)45/h2-17,46-47H,18-19H2,1H3. The molecule has 0 aliphatic carbocycles. The second kappa shape index (κ2) is 10.6. The Kier molecular flexibility index (Phi) is 6.23. The molecule has 0 unspecified atom stereocenters. The fourth-order valence-electron chi connectivity index (χ4n) is 8.15. The molecule has 2 aliphatic heterocycles. The van der Waals surface area contributed by atoms with Crippen molar-refractivity contribution in [1.82, 2.24) is 19.8 Å². The Morgan fingerprint density at radius 1 is 0.509 bits per heavy atom. The lowest BCUT2D eigenvalue weighted by molar-refractivity contribution is -0.137. The predicted octanol–water partition coefficient (Wildman–Crippen LogP) is 9.03. The van der Waals surface area contributed by atoms with E-state index in [1.54, 1.807) is 6.07 Å². The van der Waals surface area contributed by atoms with Gasteiger partial charge >= 0.3 is 6.18 Å². The molecule has 0 bridgehead atoms. The Labute approximate surface area is 297 Å². The summed E-state index contributed by atoms with van der Waals surface area (Å²) in [6, 6.07) is 26.4. The molecule has 0 saturated heterocycles. The average molecular weight is 707 g/mol. The fraction of sp³-hybridized carbons (Fsp3) is 0.0952. The maximum atomic E-state index is 14.9. The van der Waals surface area contributed by atoms with Crippen molar-refractivity contribution in [1.29, 1.82) is 0 Å². The summed E-state index contributed by atoms with van der Waals surface area (Å²) in [6.07, 6.45) is -4.56. The van der Waals surface area contributed by atoms with E-state index >= 15 is 0 Å². The summed E-state index contributed by atoms with van der Waals surface area (Å²) in [5.74, 6) is -2.51. The Morgan fingerprint density at radius 2 is 0.906 bits per heavy atom. The van der Waals surface area contributed by atoms with Gasteiger partial charge in [-0.3, -0.25) is 29.0 Å². The number of aromatic nitrogens is 2. The molecule has 53 heavy (non-hydrogen) atoms. The summed E-state index contributed by atoms with van der Waals surface area (Å²) in [5, 5.41) is 2.55. The van der Waals surface area contributed by atoms with Gasteiger partial charge in [0, 0.05) is 43.4 Å². The van der Waals surface area contributed by atoms with Crippen molar-refractivity contribution >= 4 is 78.0 Å². The van der Waals surface area contributed by atoms with Gasteiger partial charge in [-0.1, -0.05) is 78.4 Å². The Hall–Kier alpha value is -6.75. The molecule has 0 radical (unpaired) electrons. The van der Waals surface area contributed by atoms with Crippen molar-refractivity contribution in [2.45, 2.75) is 26.2 Å². The molecule has 8 nitrogen and oxygen atoms in total. The Morgan fingerprint density at radius 3 is 1.34 bits per heavy atom. The normalized spacial score (nSPS) is 14.6. The maximum Gasteiger partial charge on any atom is 0.416 e. The predicted molar refractivity (Wildman–Crippen MR) is 194 cm³/mol. The third-order valence-corrected chi connectivity index (χ3v) is 10.6. The second-order valence-corrected chi connectivity index (χ2v) is 13.7. The number of hydrogen-bond donors (Lipinski definition) is 2. The summed E-state index contributed by atoms with van der Waals surface area (Å²) in [6.45, 7) is 1.63. The first kappa shape index (κ1) is 31.0. The van der Waals surface area contributed by atoms with Crippen LogP contribution in [0.1, 0.15) is 63.7 Å². The molecule has 0 fully saturated rings. The van der Waals surface area contributed by atoms with Crippen LogP contribution in [0.3, 0.4) is 0 Å². The number of amides is 4. The minimum Gasteiger partial charge on any atom is -0.354 e. The van der Waals surface area contributed by atoms with Crippen LogP contribution in [-0.2, 0) is 19.3 Å². The molecule has 6 aromatic carbocycles. The molecule has 2 aliphatic rings. The van der Waals surface area contributed by atoms with E-state index in [9.17, 15) is 32.3 Å². The third kappa shape index (κ3) is 4.24. The van der Waals surface area contributed by atoms with Gasteiger partial charge in [0.05, 0.1) is 51.9 Å². The zero-order valence-electron chi connectivity index (χ0n) is 27.8. The molecule has 2 N–H and O–H groups in total. The zero-order valence-corrected chi connectivity index (χ0v) is 27.8. The lowest BCUT2D eigenvalue weighted by atomic mass is 9.81. The number of nitrogens with zero attached hydrogens (tertiary/aromatic N) is 2. The molecule has 0 saturated carbocycles. The van der Waals surface area contributed by atoms with Crippen LogP contribution in [0.4, 0.5) is 13.2 Å². The molecular weight excluding hydrogens is 681 g/mol. The van der Waals surface area contributed by atoms with E-state index in [-0.39, 0.29) is 46.1 Å². The summed E-state index contributed by atoms with van der Waals surface area (Å²) in [4.78, 5) is 68.3. The number of fused-ring (bicyclic) bond motifs is 10. The van der Waals surface area contributed by atoms with E-state index in [2.05, 4.69) is 9.97 Å². The van der Waals surface area contributed by atoms with Crippen LogP contribution >= 0.6 is 0 Å². The number of alkyl halides is 3. The van der Waals surface area contributed by atoms with Gasteiger partial charge in [-0.25, -0.2) is 0 Å². The van der Waals surface area contributed by atoms with Crippen molar-refractivity contribution in [3.05, 3.63) is 142 Å². The number of nitrogens with one attached hydrogen (secondary N) is 2. The van der Waals surface area contributed by atoms with Crippen molar-refractivity contribution < 1.29 is 32.3 Å². The maximum absolute atomic E-state index is 14.9.